The Kier molecular flexibility index (Phi) is 5.85. The molecule has 7 heteroatoms. The topological polar surface area (TPSA) is 30.2 Å². The number of rotatable bonds is 5. The zero-order chi connectivity index (χ0) is 17.3. The summed E-state index contributed by atoms with van der Waals surface area (Å²) in [5.41, 5.74) is 0.511. The lowest BCUT2D eigenvalue weighted by atomic mass is 9.88. The van der Waals surface area contributed by atoms with Gasteiger partial charge in [0, 0.05) is 27.5 Å². The van der Waals surface area contributed by atoms with E-state index in [1.165, 1.54) is 23.9 Å². The molecule has 0 aliphatic heterocycles. The van der Waals surface area contributed by atoms with Gasteiger partial charge in [-0.2, -0.15) is 0 Å². The van der Waals surface area contributed by atoms with Gasteiger partial charge in [0.05, 0.1) is 0 Å². The van der Waals surface area contributed by atoms with Crippen molar-refractivity contribution >= 4 is 29.8 Å². The highest BCUT2D eigenvalue weighted by Crippen LogP contribution is 2.32. The maximum Gasteiger partial charge on any atom is 0.160 e. The van der Waals surface area contributed by atoms with E-state index >= 15 is 0 Å². The van der Waals surface area contributed by atoms with E-state index in [4.69, 9.17) is 0 Å². The van der Waals surface area contributed by atoms with Crippen molar-refractivity contribution in [2.45, 2.75) is 35.5 Å². The molecular weight excluding hydrogens is 364 g/mol. The molecule has 0 atom stereocenters. The third-order valence-electron chi connectivity index (χ3n) is 3.76. The number of nitrogens with zero attached hydrogens (tertiary/aromatic N) is 3. The second-order valence-electron chi connectivity index (χ2n) is 6.17. The van der Waals surface area contributed by atoms with E-state index in [0.717, 1.165) is 28.9 Å². The summed E-state index contributed by atoms with van der Waals surface area (Å²) >= 11 is 1.24. The van der Waals surface area contributed by atoms with Gasteiger partial charge in [-0.1, -0.05) is 31.7 Å². The van der Waals surface area contributed by atoms with Crippen LogP contribution in [0.2, 0.25) is 0 Å². The second kappa shape index (κ2) is 7.54. The lowest BCUT2D eigenvalue weighted by Gasteiger charge is -2.20. The van der Waals surface area contributed by atoms with Crippen LogP contribution in [0.25, 0.3) is 5.65 Å². The largest absolute Gasteiger partial charge is 0.285 e. The van der Waals surface area contributed by atoms with Gasteiger partial charge in [0.15, 0.2) is 5.65 Å². The molecule has 0 spiro atoms. The lowest BCUT2D eigenvalue weighted by Crippen LogP contribution is -2.20. The number of aromatic nitrogens is 3. The summed E-state index contributed by atoms with van der Waals surface area (Å²) in [6.45, 7) is 7.94. The average Bonchev–Trinajstić information content (AvgIpc) is 2.94. The van der Waals surface area contributed by atoms with Crippen molar-refractivity contribution < 1.29 is 8.78 Å². The van der Waals surface area contributed by atoms with Gasteiger partial charge in [-0.3, -0.25) is 4.40 Å². The van der Waals surface area contributed by atoms with E-state index in [1.807, 2.05) is 28.8 Å². The Morgan fingerprint density at radius 1 is 1.20 bits per heavy atom. The molecule has 25 heavy (non-hydrogen) atoms. The van der Waals surface area contributed by atoms with Crippen LogP contribution in [-0.2, 0) is 5.41 Å². The molecule has 0 amide bonds. The van der Waals surface area contributed by atoms with Crippen LogP contribution in [0.5, 0.6) is 0 Å². The summed E-state index contributed by atoms with van der Waals surface area (Å²) in [6.07, 6.45) is 4.49. The summed E-state index contributed by atoms with van der Waals surface area (Å²) in [5, 5.41) is 8.49. The predicted molar refractivity (Wildman–Crippen MR) is 98.6 cm³/mol. The Morgan fingerprint density at radius 2 is 1.96 bits per heavy atom. The molecule has 1 aromatic carbocycles. The normalized spacial score (nSPS) is 11.4. The number of allylic oxidation sites excluding steroid dienone is 1. The van der Waals surface area contributed by atoms with E-state index in [0.29, 0.717) is 4.90 Å². The quantitative estimate of drug-likeness (QED) is 0.552. The first kappa shape index (κ1) is 19.4. The third kappa shape index (κ3) is 4.02. The molecule has 132 valence electrons. The highest BCUT2D eigenvalue weighted by atomic mass is 35.5. The van der Waals surface area contributed by atoms with Gasteiger partial charge in [-0.25, -0.2) is 8.78 Å². The van der Waals surface area contributed by atoms with Crippen LogP contribution in [0.1, 0.15) is 26.1 Å². The zero-order valence-electron chi connectivity index (χ0n) is 13.9. The molecule has 0 saturated heterocycles. The Morgan fingerprint density at radius 3 is 2.64 bits per heavy atom. The number of hydrogen-bond acceptors (Lipinski definition) is 3. The summed E-state index contributed by atoms with van der Waals surface area (Å²) in [6, 6.07) is 7.26. The molecule has 3 aromatic rings. The average molecular weight is 382 g/mol. The first-order chi connectivity index (χ1) is 11.4. The molecule has 3 nitrogen and oxygen atoms in total. The molecule has 0 radical (unpaired) electrons. The van der Waals surface area contributed by atoms with Crippen molar-refractivity contribution in [3.05, 3.63) is 66.6 Å². The van der Waals surface area contributed by atoms with Crippen molar-refractivity contribution in [1.82, 2.24) is 14.6 Å². The number of hydrogen-bond donors (Lipinski definition) is 0. The molecule has 3 rings (SSSR count). The highest BCUT2D eigenvalue weighted by molar-refractivity contribution is 7.99. The molecule has 0 aliphatic carbocycles. The number of benzene rings is 1. The van der Waals surface area contributed by atoms with Gasteiger partial charge >= 0.3 is 0 Å². The Labute approximate surface area is 155 Å². The maximum absolute atomic E-state index is 13.9. The summed E-state index contributed by atoms with van der Waals surface area (Å²) in [7, 11) is 0. The van der Waals surface area contributed by atoms with Crippen LogP contribution in [-0.4, -0.2) is 14.6 Å². The minimum absolute atomic E-state index is 0. The fourth-order valence-electron chi connectivity index (χ4n) is 2.53. The highest BCUT2D eigenvalue weighted by Gasteiger charge is 2.25. The van der Waals surface area contributed by atoms with Crippen molar-refractivity contribution in [1.29, 1.82) is 0 Å². The molecule has 2 aromatic heterocycles. The predicted octanol–water partition coefficient (Wildman–Crippen LogP) is 5.43. The Balaban J connectivity index is 0.00000225. The van der Waals surface area contributed by atoms with E-state index < -0.39 is 11.6 Å². The molecule has 0 bridgehead atoms. The minimum atomic E-state index is -0.584. The van der Waals surface area contributed by atoms with Gasteiger partial charge in [0.25, 0.3) is 0 Å². The van der Waals surface area contributed by atoms with E-state index in [-0.39, 0.29) is 17.8 Å². The first-order valence-electron chi connectivity index (χ1n) is 7.50. The number of fused-ring (bicyclic) bond motifs is 1. The van der Waals surface area contributed by atoms with Crippen LogP contribution in [0.15, 0.2) is 59.0 Å². The lowest BCUT2D eigenvalue weighted by molar-refractivity contribution is 0.491. The van der Waals surface area contributed by atoms with Gasteiger partial charge < -0.3 is 0 Å². The fourth-order valence-corrected chi connectivity index (χ4v) is 3.37. The molecule has 0 saturated carbocycles. The van der Waals surface area contributed by atoms with E-state index in [1.54, 1.807) is 0 Å². The van der Waals surface area contributed by atoms with Crippen LogP contribution < -0.4 is 0 Å². The van der Waals surface area contributed by atoms with Crippen molar-refractivity contribution in [3.63, 3.8) is 0 Å². The van der Waals surface area contributed by atoms with Crippen LogP contribution in [0.3, 0.4) is 0 Å². The van der Waals surface area contributed by atoms with Gasteiger partial charge in [0.2, 0.25) is 0 Å². The second-order valence-corrected chi connectivity index (χ2v) is 7.29. The summed E-state index contributed by atoms with van der Waals surface area (Å²) < 4.78 is 28.8. The number of pyridine rings is 1. The van der Waals surface area contributed by atoms with Crippen LogP contribution in [0, 0.1) is 11.6 Å². The molecule has 0 N–H and O–H groups in total. The maximum atomic E-state index is 13.9. The van der Waals surface area contributed by atoms with Crippen molar-refractivity contribution in [3.8, 4) is 0 Å². The molecule has 0 aliphatic rings. The zero-order valence-corrected chi connectivity index (χ0v) is 15.5. The van der Waals surface area contributed by atoms with Crippen molar-refractivity contribution in [2.75, 3.05) is 0 Å². The van der Waals surface area contributed by atoms with E-state index in [9.17, 15) is 8.78 Å². The third-order valence-corrected chi connectivity index (χ3v) is 4.79. The molecular formula is C18H18ClF2N3S. The van der Waals surface area contributed by atoms with Gasteiger partial charge in [-0.15, -0.1) is 29.2 Å². The van der Waals surface area contributed by atoms with Gasteiger partial charge in [0.1, 0.15) is 17.5 Å². The molecule has 0 unspecified atom stereocenters. The Hall–Kier alpha value is -1.92. The molecule has 0 fully saturated rings. The van der Waals surface area contributed by atoms with Crippen molar-refractivity contribution in [2.24, 2.45) is 0 Å². The van der Waals surface area contributed by atoms with Crippen LogP contribution in [0.4, 0.5) is 8.78 Å². The standard InChI is InChI=1S/C18H17F2N3S.ClH/c1-4-9-18(2,3)17-22-21-16-8-6-13(11-23(16)17)24-15-7-5-12(19)10-14(15)20;/h4-8,10-11H,1,9H2,2-3H3;1H. The SMILES string of the molecule is C=CCC(C)(C)c1nnc2ccc(Sc3ccc(F)cc3F)cn12.Cl. The minimum Gasteiger partial charge on any atom is -0.285 e. The fraction of sp³-hybridized carbons (Fsp3) is 0.222. The summed E-state index contributed by atoms with van der Waals surface area (Å²) in [5.74, 6) is -0.338. The van der Waals surface area contributed by atoms with E-state index in [2.05, 4.69) is 30.6 Å². The van der Waals surface area contributed by atoms with Crippen LogP contribution >= 0.6 is 24.2 Å². The van der Waals surface area contributed by atoms with Gasteiger partial charge in [-0.05, 0) is 30.7 Å². The summed E-state index contributed by atoms with van der Waals surface area (Å²) in [4.78, 5) is 1.19. The molecule has 2 heterocycles. The number of halogens is 3. The smallest absolute Gasteiger partial charge is 0.160 e. The monoisotopic (exact) mass is 381 g/mol. The first-order valence-corrected chi connectivity index (χ1v) is 8.31. The Bertz CT molecular complexity index is 908.